The minimum Gasteiger partial charge on any atom is -0.495 e. The van der Waals surface area contributed by atoms with Gasteiger partial charge in [0.2, 0.25) is 15.9 Å². The van der Waals surface area contributed by atoms with Crippen LogP contribution in [-0.4, -0.2) is 34.5 Å². The molecule has 112 valence electrons. The van der Waals surface area contributed by atoms with Crippen LogP contribution in [-0.2, 0) is 14.8 Å². The summed E-state index contributed by atoms with van der Waals surface area (Å²) in [6.07, 6.45) is 0. The molecule has 0 saturated carbocycles. The lowest BCUT2D eigenvalue weighted by Gasteiger charge is -2.12. The number of benzene rings is 1. The largest absolute Gasteiger partial charge is 0.495 e. The van der Waals surface area contributed by atoms with E-state index in [-0.39, 0.29) is 17.2 Å². The Hall–Kier alpha value is -1.80. The maximum absolute atomic E-state index is 12.2. The van der Waals surface area contributed by atoms with Gasteiger partial charge in [-0.3, -0.25) is 4.79 Å². The fraction of sp³-hybridized carbons (Fsp3) is 0.417. The number of anilines is 1. The van der Waals surface area contributed by atoms with Crippen molar-refractivity contribution in [3.8, 4) is 5.75 Å². The van der Waals surface area contributed by atoms with Crippen molar-refractivity contribution in [1.29, 1.82) is 0 Å². The lowest BCUT2D eigenvalue weighted by molar-refractivity contribution is -0.119. The van der Waals surface area contributed by atoms with Gasteiger partial charge in [-0.1, -0.05) is 0 Å². The molecule has 0 aliphatic rings. The first kappa shape index (κ1) is 16.3. The number of ether oxygens (including phenoxy) is 1. The minimum absolute atomic E-state index is 0.0904. The summed E-state index contributed by atoms with van der Waals surface area (Å²) in [5.41, 5.74) is 6.77. The molecule has 4 N–H and O–H groups in total. The van der Waals surface area contributed by atoms with Crippen LogP contribution in [0.2, 0.25) is 0 Å². The van der Waals surface area contributed by atoms with Crippen LogP contribution in [0.4, 0.5) is 5.69 Å². The molecule has 0 heterocycles. The van der Waals surface area contributed by atoms with Gasteiger partial charge in [0.1, 0.15) is 10.6 Å². The fourth-order valence-electron chi connectivity index (χ4n) is 1.54. The van der Waals surface area contributed by atoms with Crippen molar-refractivity contribution in [2.45, 2.75) is 18.7 Å². The zero-order valence-corrected chi connectivity index (χ0v) is 12.5. The van der Waals surface area contributed by atoms with Crippen molar-refractivity contribution >= 4 is 21.6 Å². The van der Waals surface area contributed by atoms with Gasteiger partial charge in [0.05, 0.1) is 13.7 Å². The second-order valence-corrected chi connectivity index (χ2v) is 5.87. The average Bonchev–Trinajstić information content (AvgIpc) is 2.39. The van der Waals surface area contributed by atoms with E-state index in [2.05, 4.69) is 10.0 Å². The number of rotatable bonds is 6. The summed E-state index contributed by atoms with van der Waals surface area (Å²) in [6.45, 7) is 3.58. The van der Waals surface area contributed by atoms with Gasteiger partial charge in [-0.05, 0) is 31.5 Å². The molecular formula is C12H19N3O4S. The molecule has 0 fully saturated rings. The maximum atomic E-state index is 12.2. The van der Waals surface area contributed by atoms with Gasteiger partial charge in [0.25, 0.3) is 0 Å². The molecule has 0 unspecified atom stereocenters. The normalized spacial score (nSPS) is 11.2. The number of hydrogen-bond acceptors (Lipinski definition) is 5. The van der Waals surface area contributed by atoms with Crippen LogP contribution >= 0.6 is 0 Å². The number of methoxy groups -OCH3 is 1. The van der Waals surface area contributed by atoms with Crippen molar-refractivity contribution in [2.75, 3.05) is 25.9 Å². The van der Waals surface area contributed by atoms with Gasteiger partial charge < -0.3 is 15.8 Å². The fourth-order valence-corrected chi connectivity index (χ4v) is 2.71. The molecule has 0 radical (unpaired) electrons. The molecule has 0 atom stereocenters. The highest BCUT2D eigenvalue weighted by Crippen LogP contribution is 2.28. The van der Waals surface area contributed by atoms with Crippen molar-refractivity contribution in [3.05, 3.63) is 17.7 Å². The molecule has 0 aromatic heterocycles. The molecule has 0 aliphatic heterocycles. The third-order valence-corrected chi connectivity index (χ3v) is 4.06. The Morgan fingerprint density at radius 1 is 1.40 bits per heavy atom. The van der Waals surface area contributed by atoms with Crippen LogP contribution in [0.15, 0.2) is 17.0 Å². The van der Waals surface area contributed by atoms with E-state index in [1.54, 1.807) is 13.8 Å². The lowest BCUT2D eigenvalue weighted by atomic mass is 10.2. The van der Waals surface area contributed by atoms with Gasteiger partial charge in [-0.2, -0.15) is 0 Å². The van der Waals surface area contributed by atoms with Crippen molar-refractivity contribution in [1.82, 2.24) is 10.0 Å². The Bertz CT molecular complexity index is 599. The predicted molar refractivity (Wildman–Crippen MR) is 76.0 cm³/mol. The highest BCUT2D eigenvalue weighted by atomic mass is 32.2. The average molecular weight is 301 g/mol. The summed E-state index contributed by atoms with van der Waals surface area (Å²) in [4.78, 5) is 11.2. The summed E-state index contributed by atoms with van der Waals surface area (Å²) in [5, 5.41) is 2.50. The predicted octanol–water partition coefficient (Wildman–Crippen LogP) is 0.000220. The number of carbonyl (C=O) groups excluding carboxylic acids is 1. The van der Waals surface area contributed by atoms with Crippen LogP contribution in [0.5, 0.6) is 5.75 Å². The molecule has 0 aliphatic carbocycles. The van der Waals surface area contributed by atoms with Gasteiger partial charge in [-0.25, -0.2) is 13.1 Å². The van der Waals surface area contributed by atoms with E-state index in [0.717, 1.165) is 0 Å². The van der Waals surface area contributed by atoms with Crippen LogP contribution in [0.1, 0.15) is 12.5 Å². The first-order valence-corrected chi connectivity index (χ1v) is 7.50. The third kappa shape index (κ3) is 3.84. The molecular weight excluding hydrogens is 282 g/mol. The summed E-state index contributed by atoms with van der Waals surface area (Å²) in [6, 6.07) is 2.85. The summed E-state index contributed by atoms with van der Waals surface area (Å²) < 4.78 is 31.6. The minimum atomic E-state index is -3.87. The van der Waals surface area contributed by atoms with E-state index in [9.17, 15) is 13.2 Å². The molecule has 0 saturated heterocycles. The third-order valence-electron chi connectivity index (χ3n) is 2.64. The smallest absolute Gasteiger partial charge is 0.244 e. The molecule has 0 spiro atoms. The van der Waals surface area contributed by atoms with E-state index in [1.807, 2.05) is 0 Å². The van der Waals surface area contributed by atoms with E-state index in [1.165, 1.54) is 19.2 Å². The molecule has 20 heavy (non-hydrogen) atoms. The van der Waals surface area contributed by atoms with Crippen LogP contribution in [0.3, 0.4) is 0 Å². The van der Waals surface area contributed by atoms with E-state index >= 15 is 0 Å². The van der Waals surface area contributed by atoms with Crippen molar-refractivity contribution < 1.29 is 17.9 Å². The molecule has 7 nitrogen and oxygen atoms in total. The molecule has 1 aromatic carbocycles. The van der Waals surface area contributed by atoms with E-state index < -0.39 is 15.9 Å². The Balaban J connectivity index is 3.03. The molecule has 1 aromatic rings. The molecule has 1 rings (SSSR count). The zero-order chi connectivity index (χ0) is 15.3. The second-order valence-electron chi connectivity index (χ2n) is 4.14. The van der Waals surface area contributed by atoms with Crippen molar-refractivity contribution in [2.24, 2.45) is 0 Å². The summed E-state index contributed by atoms with van der Waals surface area (Å²) >= 11 is 0. The number of hydrogen-bond donors (Lipinski definition) is 3. The molecule has 8 heteroatoms. The Kier molecular flexibility index (Phi) is 5.34. The lowest BCUT2D eigenvalue weighted by Crippen LogP contribution is -2.36. The number of nitrogen functional groups attached to an aromatic ring is 1. The quantitative estimate of drug-likeness (QED) is 0.641. The standard InChI is InChI=1S/C12H19N3O4S/c1-4-14-12(16)7-15-20(17,18)11-6-9(13)8(2)5-10(11)19-3/h5-6,15H,4,7,13H2,1-3H3,(H,14,16). The van der Waals surface area contributed by atoms with Gasteiger partial charge in [-0.15, -0.1) is 0 Å². The Labute approximate surface area is 118 Å². The number of nitrogens with two attached hydrogens (primary N) is 1. The van der Waals surface area contributed by atoms with Gasteiger partial charge >= 0.3 is 0 Å². The van der Waals surface area contributed by atoms with Crippen molar-refractivity contribution in [3.63, 3.8) is 0 Å². The number of likely N-dealkylation sites (N-methyl/N-ethyl adjacent to an activating group) is 1. The van der Waals surface area contributed by atoms with Crippen LogP contribution in [0, 0.1) is 6.92 Å². The first-order valence-electron chi connectivity index (χ1n) is 6.02. The zero-order valence-electron chi connectivity index (χ0n) is 11.7. The number of carbonyl (C=O) groups is 1. The summed E-state index contributed by atoms with van der Waals surface area (Å²) in [5.74, 6) is -0.227. The Morgan fingerprint density at radius 3 is 2.60 bits per heavy atom. The van der Waals surface area contributed by atoms with Gasteiger partial charge in [0, 0.05) is 12.2 Å². The van der Waals surface area contributed by atoms with Gasteiger partial charge in [0.15, 0.2) is 0 Å². The molecule has 1 amide bonds. The number of nitrogens with one attached hydrogen (secondary N) is 2. The van der Waals surface area contributed by atoms with Crippen LogP contribution < -0.4 is 20.5 Å². The first-order chi connectivity index (χ1) is 9.31. The number of amides is 1. The SMILES string of the molecule is CCNC(=O)CNS(=O)(=O)c1cc(N)c(C)cc1OC. The summed E-state index contributed by atoms with van der Waals surface area (Å²) in [7, 11) is -2.50. The van der Waals surface area contributed by atoms with E-state index in [0.29, 0.717) is 17.8 Å². The second kappa shape index (κ2) is 6.58. The highest BCUT2D eigenvalue weighted by molar-refractivity contribution is 7.89. The molecule has 0 bridgehead atoms. The highest BCUT2D eigenvalue weighted by Gasteiger charge is 2.21. The number of sulfonamides is 1. The Morgan fingerprint density at radius 2 is 2.05 bits per heavy atom. The monoisotopic (exact) mass is 301 g/mol. The van der Waals surface area contributed by atoms with Crippen LogP contribution in [0.25, 0.3) is 0 Å². The number of aryl methyl sites for hydroxylation is 1. The van der Waals surface area contributed by atoms with E-state index in [4.69, 9.17) is 10.5 Å². The topological polar surface area (TPSA) is 111 Å². The maximum Gasteiger partial charge on any atom is 0.244 e.